The minimum absolute atomic E-state index is 0.0945. The van der Waals surface area contributed by atoms with E-state index in [0.29, 0.717) is 11.5 Å². The largest absolute Gasteiger partial charge is 0.506 e. The highest BCUT2D eigenvalue weighted by Crippen LogP contribution is 2.47. The van der Waals surface area contributed by atoms with Crippen molar-refractivity contribution in [3.8, 4) is 17.1 Å². The molecule has 0 amide bonds. The second-order valence-electron chi connectivity index (χ2n) is 4.81. The molecule has 0 radical (unpaired) electrons. The van der Waals surface area contributed by atoms with Gasteiger partial charge in [-0.15, -0.1) is 0 Å². The first-order valence-electron chi connectivity index (χ1n) is 6.63. The molecular weight excluding hydrogens is 296 g/mol. The predicted molar refractivity (Wildman–Crippen MR) is 74.3 cm³/mol. The normalized spacial score (nSPS) is 14.2. The van der Waals surface area contributed by atoms with E-state index in [1.165, 1.54) is 0 Å². The SMILES string of the molecule is CCOC(=O)c1nc(-c2cc(Cl)c(O)c(C3CC3)c2)no1. The van der Waals surface area contributed by atoms with E-state index in [1.807, 2.05) is 0 Å². The Bertz CT molecular complexity index is 694. The smallest absolute Gasteiger partial charge is 0.397 e. The van der Waals surface area contributed by atoms with Crippen LogP contribution in [0.4, 0.5) is 0 Å². The molecule has 110 valence electrons. The Morgan fingerprint density at radius 1 is 1.52 bits per heavy atom. The third kappa shape index (κ3) is 2.71. The van der Waals surface area contributed by atoms with E-state index < -0.39 is 5.97 Å². The lowest BCUT2D eigenvalue weighted by Crippen LogP contribution is -2.04. The number of phenols is 1. The molecule has 0 saturated heterocycles. The number of carbonyl (C=O) groups is 1. The molecular formula is C14H13ClN2O4. The summed E-state index contributed by atoms with van der Waals surface area (Å²) in [4.78, 5) is 15.5. The summed E-state index contributed by atoms with van der Waals surface area (Å²) in [6.07, 6.45) is 2.04. The topological polar surface area (TPSA) is 85.5 Å². The van der Waals surface area contributed by atoms with Crippen LogP contribution in [0.2, 0.25) is 5.02 Å². The number of nitrogens with zero attached hydrogens (tertiary/aromatic N) is 2. The molecule has 21 heavy (non-hydrogen) atoms. The van der Waals surface area contributed by atoms with Crippen molar-refractivity contribution in [1.29, 1.82) is 0 Å². The Hall–Kier alpha value is -2.08. The molecule has 1 aromatic carbocycles. The maximum Gasteiger partial charge on any atom is 0.397 e. The van der Waals surface area contributed by atoms with Gasteiger partial charge >= 0.3 is 11.9 Å². The molecule has 7 heteroatoms. The van der Waals surface area contributed by atoms with E-state index >= 15 is 0 Å². The molecule has 1 fully saturated rings. The van der Waals surface area contributed by atoms with E-state index in [2.05, 4.69) is 10.1 Å². The fourth-order valence-electron chi connectivity index (χ4n) is 2.07. The van der Waals surface area contributed by atoms with Gasteiger partial charge in [0, 0.05) is 5.56 Å². The minimum Gasteiger partial charge on any atom is -0.506 e. The summed E-state index contributed by atoms with van der Waals surface area (Å²) in [6.45, 7) is 1.92. The fourth-order valence-corrected chi connectivity index (χ4v) is 2.30. The third-order valence-corrected chi connectivity index (χ3v) is 3.53. The first-order chi connectivity index (χ1) is 10.1. The van der Waals surface area contributed by atoms with Crippen molar-refractivity contribution >= 4 is 17.6 Å². The lowest BCUT2D eigenvalue weighted by Gasteiger charge is -2.06. The fraction of sp³-hybridized carbons (Fsp3) is 0.357. The number of halogens is 1. The van der Waals surface area contributed by atoms with Crippen molar-refractivity contribution < 1.29 is 19.2 Å². The molecule has 0 aliphatic heterocycles. The van der Waals surface area contributed by atoms with Gasteiger partial charge in [-0.3, -0.25) is 0 Å². The second kappa shape index (κ2) is 5.37. The van der Waals surface area contributed by atoms with E-state index in [-0.39, 0.29) is 29.1 Å². The summed E-state index contributed by atoms with van der Waals surface area (Å²) in [5, 5.41) is 14.0. The number of phenolic OH excluding ortho intramolecular Hbond substituents is 1. The van der Waals surface area contributed by atoms with Crippen LogP contribution >= 0.6 is 11.6 Å². The van der Waals surface area contributed by atoms with Crippen LogP contribution in [-0.2, 0) is 4.74 Å². The number of carbonyl (C=O) groups excluding carboxylic acids is 1. The minimum atomic E-state index is -0.663. The van der Waals surface area contributed by atoms with Crippen LogP contribution < -0.4 is 0 Å². The van der Waals surface area contributed by atoms with Gasteiger partial charge in [-0.05, 0) is 43.4 Å². The number of hydrogen-bond acceptors (Lipinski definition) is 6. The van der Waals surface area contributed by atoms with E-state index in [9.17, 15) is 9.90 Å². The average Bonchev–Trinajstić information content (AvgIpc) is 3.18. The lowest BCUT2D eigenvalue weighted by molar-refractivity contribution is 0.0470. The number of ether oxygens (including phenoxy) is 1. The zero-order chi connectivity index (χ0) is 15.0. The zero-order valence-electron chi connectivity index (χ0n) is 11.3. The maximum atomic E-state index is 11.5. The molecule has 1 aliphatic carbocycles. The summed E-state index contributed by atoms with van der Waals surface area (Å²) in [6, 6.07) is 3.32. The lowest BCUT2D eigenvalue weighted by atomic mass is 10.1. The van der Waals surface area contributed by atoms with Crippen LogP contribution in [0.25, 0.3) is 11.4 Å². The van der Waals surface area contributed by atoms with Crippen molar-refractivity contribution in [3.63, 3.8) is 0 Å². The second-order valence-corrected chi connectivity index (χ2v) is 5.22. The van der Waals surface area contributed by atoms with Gasteiger partial charge in [-0.25, -0.2) is 4.79 Å². The molecule has 0 spiro atoms. The van der Waals surface area contributed by atoms with Crippen LogP contribution in [-0.4, -0.2) is 27.8 Å². The van der Waals surface area contributed by atoms with Gasteiger partial charge in [0.25, 0.3) is 0 Å². The summed E-state index contributed by atoms with van der Waals surface area (Å²) in [5.74, 6) is -0.217. The Morgan fingerprint density at radius 3 is 2.95 bits per heavy atom. The zero-order valence-corrected chi connectivity index (χ0v) is 12.1. The van der Waals surface area contributed by atoms with Gasteiger partial charge in [0.1, 0.15) is 5.75 Å². The highest BCUT2D eigenvalue weighted by atomic mass is 35.5. The average molecular weight is 309 g/mol. The summed E-state index contributed by atoms with van der Waals surface area (Å²) >= 11 is 6.03. The van der Waals surface area contributed by atoms with Crippen LogP contribution in [0.3, 0.4) is 0 Å². The summed E-state index contributed by atoms with van der Waals surface area (Å²) in [5.41, 5.74) is 1.37. The third-order valence-electron chi connectivity index (χ3n) is 3.24. The van der Waals surface area contributed by atoms with Gasteiger partial charge in [-0.2, -0.15) is 4.98 Å². The summed E-state index contributed by atoms with van der Waals surface area (Å²) in [7, 11) is 0. The van der Waals surface area contributed by atoms with Crippen LogP contribution in [0.5, 0.6) is 5.75 Å². The Kier molecular flexibility index (Phi) is 3.55. The van der Waals surface area contributed by atoms with Crippen molar-refractivity contribution in [2.24, 2.45) is 0 Å². The van der Waals surface area contributed by atoms with Crippen molar-refractivity contribution in [2.45, 2.75) is 25.7 Å². The highest BCUT2D eigenvalue weighted by molar-refractivity contribution is 6.32. The number of esters is 1. The quantitative estimate of drug-likeness (QED) is 0.873. The molecule has 1 aromatic heterocycles. The van der Waals surface area contributed by atoms with E-state index in [1.54, 1.807) is 19.1 Å². The highest BCUT2D eigenvalue weighted by Gasteiger charge is 2.28. The number of hydrogen-bond donors (Lipinski definition) is 1. The molecule has 6 nitrogen and oxygen atoms in total. The van der Waals surface area contributed by atoms with Crippen molar-refractivity contribution in [3.05, 3.63) is 28.6 Å². The molecule has 1 aliphatic rings. The van der Waals surface area contributed by atoms with Gasteiger partial charge in [0.15, 0.2) is 0 Å². The van der Waals surface area contributed by atoms with Crippen LogP contribution in [0, 0.1) is 0 Å². The van der Waals surface area contributed by atoms with Gasteiger partial charge in [-0.1, -0.05) is 16.8 Å². The van der Waals surface area contributed by atoms with Crippen LogP contribution in [0.15, 0.2) is 16.7 Å². The predicted octanol–water partition coefficient (Wildman–Crippen LogP) is 3.15. The van der Waals surface area contributed by atoms with Gasteiger partial charge in [0.05, 0.1) is 11.6 Å². The molecule has 0 bridgehead atoms. The van der Waals surface area contributed by atoms with E-state index in [4.69, 9.17) is 20.9 Å². The molecule has 0 unspecified atom stereocenters. The first-order valence-corrected chi connectivity index (χ1v) is 7.01. The molecule has 1 N–H and O–H groups in total. The van der Waals surface area contributed by atoms with Crippen molar-refractivity contribution in [2.75, 3.05) is 6.61 Å². The standard InChI is InChI=1S/C14H13ClN2O4/c1-2-20-14(19)13-16-12(17-21-13)8-5-9(7-3-4-7)11(18)10(15)6-8/h5-7,18H,2-4H2,1H3. The Labute approximate surface area is 125 Å². The maximum absolute atomic E-state index is 11.5. The first kappa shape index (κ1) is 13.9. The van der Waals surface area contributed by atoms with Crippen molar-refractivity contribution in [1.82, 2.24) is 10.1 Å². The van der Waals surface area contributed by atoms with E-state index in [0.717, 1.165) is 18.4 Å². The monoisotopic (exact) mass is 308 g/mol. The molecule has 1 saturated carbocycles. The number of rotatable bonds is 4. The molecule has 2 aromatic rings. The summed E-state index contributed by atoms with van der Waals surface area (Å²) < 4.78 is 9.67. The number of benzene rings is 1. The Morgan fingerprint density at radius 2 is 2.29 bits per heavy atom. The van der Waals surface area contributed by atoms with Crippen LogP contribution in [0.1, 0.15) is 41.9 Å². The number of aromatic nitrogens is 2. The van der Waals surface area contributed by atoms with Gasteiger partial charge in [0.2, 0.25) is 5.82 Å². The molecule has 3 rings (SSSR count). The number of aromatic hydroxyl groups is 1. The molecule has 1 heterocycles. The van der Waals surface area contributed by atoms with Gasteiger partial charge < -0.3 is 14.4 Å². The Balaban J connectivity index is 1.95. The molecule has 0 atom stereocenters.